The van der Waals surface area contributed by atoms with Crippen molar-refractivity contribution in [2.45, 2.75) is 102 Å². The minimum absolute atomic E-state index is 0.0184. The summed E-state index contributed by atoms with van der Waals surface area (Å²) in [5.74, 6) is 0.733. The molecule has 0 aromatic heterocycles. The highest BCUT2D eigenvalue weighted by atomic mass is 16.7. The summed E-state index contributed by atoms with van der Waals surface area (Å²) >= 11 is 0. The predicted molar refractivity (Wildman–Crippen MR) is 79.7 cm³/mol. The molecule has 1 spiro atoms. The van der Waals surface area contributed by atoms with Crippen LogP contribution in [-0.4, -0.2) is 22.9 Å². The smallest absolute Gasteiger partial charge is 0.124 e. The first-order valence-electron chi connectivity index (χ1n) is 8.77. The van der Waals surface area contributed by atoms with E-state index in [2.05, 4.69) is 27.7 Å². The molecule has 5 atom stereocenters. The minimum atomic E-state index is 0.0184. The van der Waals surface area contributed by atoms with Crippen LogP contribution in [0.1, 0.15) is 79.1 Å². The Morgan fingerprint density at radius 1 is 1.10 bits per heavy atom. The minimum Gasteiger partial charge on any atom is -0.365 e. The molecule has 0 aromatic carbocycles. The molecule has 2 aliphatic carbocycles. The second-order valence-electron chi connectivity index (χ2n) is 8.67. The zero-order valence-electron chi connectivity index (χ0n) is 13.6. The Balaban J connectivity index is 1.76. The maximum absolute atomic E-state index is 6.90. The fraction of sp³-hybridized carbons (Fsp3) is 1.00. The Bertz CT molecular complexity index is 431. The van der Waals surface area contributed by atoms with Crippen LogP contribution >= 0.6 is 0 Å². The van der Waals surface area contributed by atoms with Crippen LogP contribution in [0.5, 0.6) is 0 Å². The lowest BCUT2D eigenvalue weighted by atomic mass is 9.51. The molecule has 0 aromatic rings. The standard InChI is InChI=1S/C18H30O2/c1-5-6-9-17-14(19-17)8-11-16(4)10-7-13-12-18(16,17)20-15(13,2)3/h13-14H,5-12H2,1-4H3/t13-,14?,16+,17+,18-/m1/s1. The summed E-state index contributed by atoms with van der Waals surface area (Å²) in [5, 5.41) is 0. The van der Waals surface area contributed by atoms with Gasteiger partial charge < -0.3 is 9.47 Å². The molecule has 2 bridgehead atoms. The van der Waals surface area contributed by atoms with E-state index >= 15 is 0 Å². The third-order valence-corrected chi connectivity index (χ3v) is 7.33. The molecule has 1 unspecified atom stereocenters. The number of fused-ring (bicyclic) bond motifs is 2. The zero-order chi connectivity index (χ0) is 14.2. The predicted octanol–water partition coefficient (Wildman–Crippen LogP) is 4.46. The molecule has 114 valence electrons. The van der Waals surface area contributed by atoms with Gasteiger partial charge >= 0.3 is 0 Å². The van der Waals surface area contributed by atoms with E-state index in [1.54, 1.807) is 0 Å². The summed E-state index contributed by atoms with van der Waals surface area (Å²) in [6, 6.07) is 0. The van der Waals surface area contributed by atoms with Crippen LogP contribution in [0.25, 0.3) is 0 Å². The van der Waals surface area contributed by atoms with Gasteiger partial charge in [0.05, 0.1) is 11.7 Å². The summed E-state index contributed by atoms with van der Waals surface area (Å²) in [6.07, 6.45) is 10.7. The molecule has 2 saturated carbocycles. The summed E-state index contributed by atoms with van der Waals surface area (Å²) in [6.45, 7) is 9.42. The number of hydrogen-bond donors (Lipinski definition) is 0. The zero-order valence-corrected chi connectivity index (χ0v) is 13.6. The van der Waals surface area contributed by atoms with E-state index in [1.807, 2.05) is 0 Å². The van der Waals surface area contributed by atoms with Gasteiger partial charge in [0.2, 0.25) is 0 Å². The van der Waals surface area contributed by atoms with Gasteiger partial charge in [-0.05, 0) is 63.7 Å². The fourth-order valence-electron chi connectivity index (χ4n) is 5.96. The van der Waals surface area contributed by atoms with E-state index in [-0.39, 0.29) is 16.8 Å². The number of ether oxygens (including phenoxy) is 2. The van der Waals surface area contributed by atoms with Crippen LogP contribution in [0.3, 0.4) is 0 Å². The molecule has 2 aliphatic heterocycles. The Morgan fingerprint density at radius 2 is 1.85 bits per heavy atom. The monoisotopic (exact) mass is 278 g/mol. The topological polar surface area (TPSA) is 21.8 Å². The second kappa shape index (κ2) is 3.81. The first-order chi connectivity index (χ1) is 9.39. The maximum atomic E-state index is 6.90. The highest BCUT2D eigenvalue weighted by Gasteiger charge is 2.80. The molecule has 0 N–H and O–H groups in total. The first-order valence-corrected chi connectivity index (χ1v) is 8.77. The summed E-state index contributed by atoms with van der Waals surface area (Å²) < 4.78 is 13.3. The molecular formula is C18H30O2. The number of unbranched alkanes of at least 4 members (excludes halogenated alkanes) is 1. The van der Waals surface area contributed by atoms with Crippen LogP contribution in [0.4, 0.5) is 0 Å². The van der Waals surface area contributed by atoms with E-state index in [1.165, 1.54) is 51.4 Å². The van der Waals surface area contributed by atoms with Gasteiger partial charge in [-0.2, -0.15) is 0 Å². The SMILES string of the molecule is CCCC[C@]12OC1CC[C@]1(C)CC[C@@H]3C[C@@]12OC3(C)C. The van der Waals surface area contributed by atoms with Gasteiger partial charge in [0, 0.05) is 0 Å². The van der Waals surface area contributed by atoms with Crippen molar-refractivity contribution in [1.29, 1.82) is 0 Å². The Hall–Kier alpha value is -0.0800. The number of hydrogen-bond acceptors (Lipinski definition) is 2. The van der Waals surface area contributed by atoms with E-state index < -0.39 is 0 Å². The van der Waals surface area contributed by atoms with Gasteiger partial charge in [0.15, 0.2) is 0 Å². The maximum Gasteiger partial charge on any atom is 0.124 e. The number of rotatable bonds is 3. The molecule has 4 aliphatic rings. The average Bonchev–Trinajstić information content (AvgIpc) is 3.06. The number of epoxide rings is 1. The fourth-order valence-corrected chi connectivity index (χ4v) is 5.96. The molecule has 20 heavy (non-hydrogen) atoms. The third-order valence-electron chi connectivity index (χ3n) is 7.33. The Morgan fingerprint density at radius 3 is 2.60 bits per heavy atom. The van der Waals surface area contributed by atoms with Gasteiger partial charge in [-0.25, -0.2) is 0 Å². The highest BCUT2D eigenvalue weighted by molar-refractivity contribution is 5.29. The normalized spacial score (nSPS) is 55.2. The van der Waals surface area contributed by atoms with Crippen molar-refractivity contribution >= 4 is 0 Å². The molecule has 0 amide bonds. The van der Waals surface area contributed by atoms with Crippen LogP contribution < -0.4 is 0 Å². The Labute approximate surface area is 123 Å². The molecular weight excluding hydrogens is 248 g/mol. The average molecular weight is 278 g/mol. The molecule has 2 nitrogen and oxygen atoms in total. The Kier molecular flexibility index (Phi) is 2.59. The highest BCUT2D eigenvalue weighted by Crippen LogP contribution is 2.73. The van der Waals surface area contributed by atoms with Gasteiger partial charge in [-0.15, -0.1) is 0 Å². The van der Waals surface area contributed by atoms with E-state index in [0.717, 1.165) is 5.92 Å². The van der Waals surface area contributed by atoms with E-state index in [4.69, 9.17) is 9.47 Å². The van der Waals surface area contributed by atoms with Crippen molar-refractivity contribution in [1.82, 2.24) is 0 Å². The lowest BCUT2D eigenvalue weighted by Gasteiger charge is -2.54. The molecule has 2 heteroatoms. The lowest BCUT2D eigenvalue weighted by Crippen LogP contribution is -2.61. The molecule has 0 radical (unpaired) electrons. The molecule has 4 fully saturated rings. The summed E-state index contributed by atoms with van der Waals surface area (Å²) in [4.78, 5) is 0. The summed E-state index contributed by atoms with van der Waals surface area (Å²) in [7, 11) is 0. The second-order valence-corrected chi connectivity index (χ2v) is 8.67. The van der Waals surface area contributed by atoms with Crippen LogP contribution in [0.15, 0.2) is 0 Å². The first kappa shape index (κ1) is 13.6. The van der Waals surface area contributed by atoms with Crippen molar-refractivity contribution < 1.29 is 9.47 Å². The van der Waals surface area contributed by atoms with Crippen molar-refractivity contribution in [3.8, 4) is 0 Å². The summed E-state index contributed by atoms with van der Waals surface area (Å²) in [5.41, 5.74) is 0.482. The third kappa shape index (κ3) is 1.38. The quantitative estimate of drug-likeness (QED) is 0.711. The van der Waals surface area contributed by atoms with Gasteiger partial charge in [-0.1, -0.05) is 26.7 Å². The van der Waals surface area contributed by atoms with E-state index in [9.17, 15) is 0 Å². The van der Waals surface area contributed by atoms with Crippen LogP contribution in [0, 0.1) is 11.3 Å². The lowest BCUT2D eigenvalue weighted by molar-refractivity contribution is -0.194. The molecule has 2 heterocycles. The van der Waals surface area contributed by atoms with Crippen molar-refractivity contribution in [3.05, 3.63) is 0 Å². The van der Waals surface area contributed by atoms with Gasteiger partial charge in [-0.3, -0.25) is 0 Å². The van der Waals surface area contributed by atoms with Crippen molar-refractivity contribution in [2.24, 2.45) is 11.3 Å². The molecule has 2 saturated heterocycles. The molecule has 4 rings (SSSR count). The van der Waals surface area contributed by atoms with Gasteiger partial charge in [0.1, 0.15) is 11.2 Å². The largest absolute Gasteiger partial charge is 0.365 e. The van der Waals surface area contributed by atoms with Gasteiger partial charge in [0.25, 0.3) is 0 Å². The van der Waals surface area contributed by atoms with Crippen molar-refractivity contribution in [3.63, 3.8) is 0 Å². The van der Waals surface area contributed by atoms with E-state index in [0.29, 0.717) is 11.5 Å². The van der Waals surface area contributed by atoms with Crippen molar-refractivity contribution in [2.75, 3.05) is 0 Å². The van der Waals surface area contributed by atoms with Crippen LogP contribution in [0.2, 0.25) is 0 Å². The van der Waals surface area contributed by atoms with Crippen LogP contribution in [-0.2, 0) is 9.47 Å².